The summed E-state index contributed by atoms with van der Waals surface area (Å²) in [6.07, 6.45) is 0. The van der Waals surface area contributed by atoms with E-state index < -0.39 is 0 Å². The number of carbonyl (C=O) groups is 1. The summed E-state index contributed by atoms with van der Waals surface area (Å²) in [4.78, 5) is 27.5. The second kappa shape index (κ2) is 11.6. The molecule has 2 heterocycles. The number of benzene rings is 3. The van der Waals surface area contributed by atoms with Crippen molar-refractivity contribution in [2.45, 2.75) is 25.0 Å². The van der Waals surface area contributed by atoms with Crippen LogP contribution in [0.4, 0.5) is 5.69 Å². The van der Waals surface area contributed by atoms with Crippen LogP contribution in [0.3, 0.4) is 0 Å². The SMILES string of the molecule is Cc1cccc(N(Cc2ccccc2)C(=O)CSc2nc(CN3CCOCC3)nc3ccccc23)c1. The summed E-state index contributed by atoms with van der Waals surface area (Å²) < 4.78 is 5.48. The monoisotopic (exact) mass is 498 g/mol. The lowest BCUT2D eigenvalue weighted by Crippen LogP contribution is -2.36. The molecule has 0 saturated carbocycles. The summed E-state index contributed by atoms with van der Waals surface area (Å²) in [7, 11) is 0. The Morgan fingerprint density at radius 3 is 2.56 bits per heavy atom. The number of morpholine rings is 1. The highest BCUT2D eigenvalue weighted by Gasteiger charge is 2.19. The van der Waals surface area contributed by atoms with Crippen molar-refractivity contribution in [1.29, 1.82) is 0 Å². The molecule has 0 atom stereocenters. The number of hydrogen-bond donors (Lipinski definition) is 0. The first-order valence-corrected chi connectivity index (χ1v) is 13.2. The number of carbonyl (C=O) groups excluding carboxylic acids is 1. The summed E-state index contributed by atoms with van der Waals surface area (Å²) in [5, 5.41) is 1.83. The number of anilines is 1. The van der Waals surface area contributed by atoms with Crippen LogP contribution >= 0.6 is 11.8 Å². The Balaban J connectivity index is 1.38. The number of rotatable bonds is 8. The molecule has 0 unspecified atom stereocenters. The van der Waals surface area contributed by atoms with Gasteiger partial charge >= 0.3 is 0 Å². The molecule has 5 rings (SSSR count). The summed E-state index contributed by atoms with van der Waals surface area (Å²) in [6, 6.07) is 26.3. The van der Waals surface area contributed by atoms with Crippen LogP contribution in [-0.2, 0) is 22.6 Å². The molecule has 0 aliphatic carbocycles. The Kier molecular flexibility index (Phi) is 7.91. The average Bonchev–Trinajstić information content (AvgIpc) is 2.91. The topological polar surface area (TPSA) is 58.6 Å². The number of aromatic nitrogens is 2. The summed E-state index contributed by atoms with van der Waals surface area (Å²) >= 11 is 1.49. The van der Waals surface area contributed by atoms with Crippen LogP contribution in [0.15, 0.2) is 83.9 Å². The Labute approximate surface area is 216 Å². The van der Waals surface area contributed by atoms with E-state index in [4.69, 9.17) is 14.7 Å². The molecule has 1 aromatic heterocycles. The number of fused-ring (bicyclic) bond motifs is 1. The minimum Gasteiger partial charge on any atom is -0.379 e. The minimum absolute atomic E-state index is 0.0480. The van der Waals surface area contributed by atoms with Crippen LogP contribution in [0.25, 0.3) is 10.9 Å². The second-order valence-corrected chi connectivity index (χ2v) is 9.91. The normalized spacial score (nSPS) is 14.1. The largest absolute Gasteiger partial charge is 0.379 e. The van der Waals surface area contributed by atoms with Gasteiger partial charge < -0.3 is 9.64 Å². The van der Waals surface area contributed by atoms with Gasteiger partial charge in [-0.15, -0.1) is 0 Å². The van der Waals surface area contributed by atoms with Crippen LogP contribution in [0.1, 0.15) is 17.0 Å². The molecule has 184 valence electrons. The van der Waals surface area contributed by atoms with Crippen molar-refractivity contribution in [1.82, 2.24) is 14.9 Å². The fraction of sp³-hybridized carbons (Fsp3) is 0.276. The van der Waals surface area contributed by atoms with Gasteiger partial charge in [0.1, 0.15) is 10.9 Å². The third kappa shape index (κ3) is 6.10. The first-order chi connectivity index (χ1) is 17.7. The lowest BCUT2D eigenvalue weighted by molar-refractivity contribution is -0.116. The predicted octanol–water partition coefficient (Wildman–Crippen LogP) is 5.10. The molecule has 1 aliphatic heterocycles. The van der Waals surface area contributed by atoms with Crippen molar-refractivity contribution in [3.05, 3.63) is 95.8 Å². The van der Waals surface area contributed by atoms with Crippen molar-refractivity contribution in [2.75, 3.05) is 37.0 Å². The van der Waals surface area contributed by atoms with E-state index in [1.54, 1.807) is 0 Å². The fourth-order valence-electron chi connectivity index (χ4n) is 4.33. The molecule has 0 bridgehead atoms. The van der Waals surface area contributed by atoms with E-state index in [0.717, 1.165) is 64.9 Å². The number of nitrogens with zero attached hydrogens (tertiary/aromatic N) is 4. The molecule has 7 heteroatoms. The third-order valence-corrected chi connectivity index (χ3v) is 7.19. The van der Waals surface area contributed by atoms with Crippen molar-refractivity contribution < 1.29 is 9.53 Å². The average molecular weight is 499 g/mol. The van der Waals surface area contributed by atoms with Gasteiger partial charge in [-0.1, -0.05) is 72.4 Å². The Morgan fingerprint density at radius 1 is 0.972 bits per heavy atom. The zero-order chi connectivity index (χ0) is 24.7. The van der Waals surface area contributed by atoms with Gasteiger partial charge in [-0.3, -0.25) is 9.69 Å². The molecular formula is C29H30N4O2S. The molecule has 1 aliphatic rings. The van der Waals surface area contributed by atoms with Gasteiger partial charge in [0.2, 0.25) is 5.91 Å². The van der Waals surface area contributed by atoms with E-state index in [-0.39, 0.29) is 5.91 Å². The molecule has 0 radical (unpaired) electrons. The number of ether oxygens (including phenoxy) is 1. The minimum atomic E-state index is 0.0480. The summed E-state index contributed by atoms with van der Waals surface area (Å²) in [5.74, 6) is 1.12. The highest BCUT2D eigenvalue weighted by Crippen LogP contribution is 2.27. The number of amides is 1. The molecule has 0 N–H and O–H groups in total. The molecule has 6 nitrogen and oxygen atoms in total. The number of aryl methyl sites for hydroxylation is 1. The summed E-state index contributed by atoms with van der Waals surface area (Å²) in [6.45, 7) is 6.48. The van der Waals surface area contributed by atoms with Gasteiger partial charge in [0.15, 0.2) is 0 Å². The Morgan fingerprint density at radius 2 is 1.75 bits per heavy atom. The first-order valence-electron chi connectivity index (χ1n) is 12.3. The molecular weight excluding hydrogens is 468 g/mol. The van der Waals surface area contributed by atoms with Crippen molar-refractivity contribution in [3.63, 3.8) is 0 Å². The van der Waals surface area contributed by atoms with Crippen molar-refractivity contribution >= 4 is 34.3 Å². The van der Waals surface area contributed by atoms with E-state index in [0.29, 0.717) is 18.8 Å². The maximum absolute atomic E-state index is 13.6. The third-order valence-electron chi connectivity index (χ3n) is 6.21. The van der Waals surface area contributed by atoms with Gasteiger partial charge in [-0.2, -0.15) is 0 Å². The molecule has 1 amide bonds. The maximum atomic E-state index is 13.6. The number of hydrogen-bond acceptors (Lipinski definition) is 6. The van der Waals surface area contributed by atoms with E-state index in [1.165, 1.54) is 11.8 Å². The second-order valence-electron chi connectivity index (χ2n) is 8.94. The number of para-hydroxylation sites is 1. The number of thioether (sulfide) groups is 1. The van der Waals surface area contributed by atoms with Crippen molar-refractivity contribution in [2.24, 2.45) is 0 Å². The summed E-state index contributed by atoms with van der Waals surface area (Å²) in [5.41, 5.74) is 4.04. The highest BCUT2D eigenvalue weighted by molar-refractivity contribution is 8.00. The zero-order valence-corrected chi connectivity index (χ0v) is 21.3. The van der Waals surface area contributed by atoms with Crippen LogP contribution in [0.2, 0.25) is 0 Å². The first kappa shape index (κ1) is 24.4. The molecule has 3 aromatic carbocycles. The lowest BCUT2D eigenvalue weighted by atomic mass is 10.1. The molecule has 36 heavy (non-hydrogen) atoms. The highest BCUT2D eigenvalue weighted by atomic mass is 32.2. The van der Waals surface area contributed by atoms with E-state index in [1.807, 2.05) is 72.5 Å². The van der Waals surface area contributed by atoms with Gasteiger partial charge in [0.05, 0.1) is 37.6 Å². The van der Waals surface area contributed by atoms with E-state index in [9.17, 15) is 4.79 Å². The molecule has 4 aromatic rings. The van der Waals surface area contributed by atoms with E-state index in [2.05, 4.69) is 23.1 Å². The fourth-order valence-corrected chi connectivity index (χ4v) is 5.24. The van der Waals surface area contributed by atoms with Gasteiger partial charge in [-0.25, -0.2) is 9.97 Å². The standard InChI is InChI=1S/C29H30N4O2S/c1-22-8-7-11-24(18-22)33(19-23-9-3-2-4-10-23)28(34)21-36-29-25-12-5-6-13-26(25)30-27(31-29)20-32-14-16-35-17-15-32/h2-13,18H,14-17,19-21H2,1H3. The zero-order valence-electron chi connectivity index (χ0n) is 20.5. The molecule has 0 spiro atoms. The smallest absolute Gasteiger partial charge is 0.237 e. The Hall–Kier alpha value is -3.26. The van der Waals surface area contributed by atoms with E-state index >= 15 is 0 Å². The van der Waals surface area contributed by atoms with Gasteiger partial charge in [0, 0.05) is 24.2 Å². The maximum Gasteiger partial charge on any atom is 0.237 e. The Bertz CT molecular complexity index is 1330. The van der Waals surface area contributed by atoms with Crippen LogP contribution in [0, 0.1) is 6.92 Å². The molecule has 1 fully saturated rings. The van der Waals surface area contributed by atoms with Gasteiger partial charge in [-0.05, 0) is 36.2 Å². The quantitative estimate of drug-likeness (QED) is 0.249. The van der Waals surface area contributed by atoms with Crippen LogP contribution in [0.5, 0.6) is 0 Å². The van der Waals surface area contributed by atoms with Crippen molar-refractivity contribution in [3.8, 4) is 0 Å². The lowest BCUT2D eigenvalue weighted by Gasteiger charge is -2.26. The predicted molar refractivity (Wildman–Crippen MR) is 145 cm³/mol. The van der Waals surface area contributed by atoms with Gasteiger partial charge in [0.25, 0.3) is 0 Å². The van der Waals surface area contributed by atoms with Crippen LogP contribution < -0.4 is 4.90 Å². The molecule has 1 saturated heterocycles. The van der Waals surface area contributed by atoms with Crippen LogP contribution in [-0.4, -0.2) is 52.8 Å².